The van der Waals surface area contributed by atoms with Crippen molar-refractivity contribution in [1.29, 1.82) is 0 Å². The van der Waals surface area contributed by atoms with Gasteiger partial charge in [0, 0.05) is 6.61 Å². The van der Waals surface area contributed by atoms with Crippen LogP contribution in [0.5, 0.6) is 5.75 Å². The molecule has 2 heteroatoms. The molecule has 1 rings (SSSR count). The minimum atomic E-state index is 0.311. The molecule has 1 aromatic rings. The number of unbranched alkanes of at least 4 members (excludes halogenated alkanes) is 6. The van der Waals surface area contributed by atoms with Crippen molar-refractivity contribution in [2.75, 3.05) is 6.61 Å². The molecule has 0 aromatic heterocycles. The molecule has 0 aliphatic carbocycles. The molecule has 0 saturated carbocycles. The maximum absolute atomic E-state index is 9.15. The van der Waals surface area contributed by atoms with Crippen LogP contribution in [0, 0.1) is 0 Å². The van der Waals surface area contributed by atoms with Gasteiger partial charge in [0.2, 0.25) is 0 Å². The average molecular weight is 250 g/mol. The van der Waals surface area contributed by atoms with Gasteiger partial charge in [0.25, 0.3) is 0 Å². The fourth-order valence-corrected chi connectivity index (χ4v) is 1.94. The second-order valence-corrected chi connectivity index (χ2v) is 4.84. The van der Waals surface area contributed by atoms with Crippen LogP contribution < -0.4 is 0 Å². The number of hydrogen-bond donors (Lipinski definition) is 1. The smallest absolute Gasteiger partial charge is 0.115 e. The standard InChI is InChI=1S/C16H26O2/c1-2-3-4-5-6-7-8-13-18-14-15-9-11-16(17)12-10-15/h9-12,17H,2-8,13-14H2,1H3. The SMILES string of the molecule is CCCCCCCCCOCc1ccc(O)cc1. The number of benzene rings is 1. The van der Waals surface area contributed by atoms with Crippen LogP contribution in [0.2, 0.25) is 0 Å². The summed E-state index contributed by atoms with van der Waals surface area (Å²) >= 11 is 0. The molecule has 102 valence electrons. The summed E-state index contributed by atoms with van der Waals surface area (Å²) in [5.74, 6) is 0.311. The van der Waals surface area contributed by atoms with Gasteiger partial charge in [-0.3, -0.25) is 0 Å². The third-order valence-corrected chi connectivity index (χ3v) is 3.10. The highest BCUT2D eigenvalue weighted by atomic mass is 16.5. The molecule has 1 aromatic carbocycles. The van der Waals surface area contributed by atoms with Crippen LogP contribution in [0.1, 0.15) is 57.4 Å². The van der Waals surface area contributed by atoms with Crippen molar-refractivity contribution in [3.8, 4) is 5.75 Å². The topological polar surface area (TPSA) is 29.5 Å². The maximum Gasteiger partial charge on any atom is 0.115 e. The van der Waals surface area contributed by atoms with Crippen LogP contribution in [0.3, 0.4) is 0 Å². The zero-order chi connectivity index (χ0) is 13.1. The first-order chi connectivity index (χ1) is 8.83. The lowest BCUT2D eigenvalue weighted by molar-refractivity contribution is 0.116. The second-order valence-electron chi connectivity index (χ2n) is 4.84. The molecule has 0 amide bonds. The number of phenolic OH excluding ortho intramolecular Hbond substituents is 1. The Morgan fingerprint density at radius 3 is 2.17 bits per heavy atom. The van der Waals surface area contributed by atoms with Gasteiger partial charge in [-0.15, -0.1) is 0 Å². The highest BCUT2D eigenvalue weighted by molar-refractivity contribution is 5.25. The van der Waals surface area contributed by atoms with Crippen molar-refractivity contribution < 1.29 is 9.84 Å². The summed E-state index contributed by atoms with van der Waals surface area (Å²) in [6, 6.07) is 7.21. The molecule has 0 radical (unpaired) electrons. The quantitative estimate of drug-likeness (QED) is 0.612. The summed E-state index contributed by atoms with van der Waals surface area (Å²) < 4.78 is 5.61. The molecule has 0 spiro atoms. The molecule has 0 aliphatic heterocycles. The lowest BCUT2D eigenvalue weighted by atomic mass is 10.1. The van der Waals surface area contributed by atoms with Crippen molar-refractivity contribution in [3.05, 3.63) is 29.8 Å². The van der Waals surface area contributed by atoms with Gasteiger partial charge in [0.05, 0.1) is 6.61 Å². The van der Waals surface area contributed by atoms with Crippen LogP contribution in [0.15, 0.2) is 24.3 Å². The lowest BCUT2D eigenvalue weighted by Crippen LogP contribution is -1.95. The Labute approximate surface area is 111 Å². The van der Waals surface area contributed by atoms with E-state index in [1.807, 2.05) is 12.1 Å². The van der Waals surface area contributed by atoms with Crippen molar-refractivity contribution in [3.63, 3.8) is 0 Å². The van der Waals surface area contributed by atoms with Crippen LogP contribution in [0.25, 0.3) is 0 Å². The normalized spacial score (nSPS) is 10.7. The number of aromatic hydroxyl groups is 1. The van der Waals surface area contributed by atoms with E-state index in [9.17, 15) is 0 Å². The summed E-state index contributed by atoms with van der Waals surface area (Å²) in [6.07, 6.45) is 9.20. The van der Waals surface area contributed by atoms with E-state index in [1.54, 1.807) is 12.1 Å². The summed E-state index contributed by atoms with van der Waals surface area (Å²) in [7, 11) is 0. The van der Waals surface area contributed by atoms with E-state index in [-0.39, 0.29) is 0 Å². The Morgan fingerprint density at radius 2 is 1.50 bits per heavy atom. The van der Waals surface area contributed by atoms with Crippen molar-refractivity contribution >= 4 is 0 Å². The first-order valence-electron chi connectivity index (χ1n) is 7.18. The summed E-state index contributed by atoms with van der Waals surface area (Å²) in [5.41, 5.74) is 1.12. The van der Waals surface area contributed by atoms with Crippen LogP contribution >= 0.6 is 0 Å². The van der Waals surface area contributed by atoms with Gasteiger partial charge >= 0.3 is 0 Å². The Morgan fingerprint density at radius 1 is 0.889 bits per heavy atom. The second kappa shape index (κ2) is 9.95. The van der Waals surface area contributed by atoms with Gasteiger partial charge in [0.15, 0.2) is 0 Å². The molecule has 1 N–H and O–H groups in total. The van der Waals surface area contributed by atoms with E-state index >= 15 is 0 Å². The Kier molecular flexibility index (Phi) is 8.32. The van der Waals surface area contributed by atoms with Crippen molar-refractivity contribution in [2.45, 2.75) is 58.5 Å². The van der Waals surface area contributed by atoms with Crippen LogP contribution in [-0.4, -0.2) is 11.7 Å². The highest BCUT2D eigenvalue weighted by Crippen LogP contribution is 2.11. The molecule has 0 atom stereocenters. The van der Waals surface area contributed by atoms with E-state index < -0.39 is 0 Å². The molecule has 0 unspecified atom stereocenters. The minimum Gasteiger partial charge on any atom is -0.508 e. The molecular weight excluding hydrogens is 224 g/mol. The van der Waals surface area contributed by atoms with E-state index in [0.29, 0.717) is 12.4 Å². The highest BCUT2D eigenvalue weighted by Gasteiger charge is 1.95. The Bertz CT molecular complexity index is 292. The van der Waals surface area contributed by atoms with Crippen LogP contribution in [0.4, 0.5) is 0 Å². The third kappa shape index (κ3) is 7.33. The fraction of sp³-hybridized carbons (Fsp3) is 0.625. The number of phenols is 1. The predicted octanol–water partition coefficient (Wildman–Crippen LogP) is 4.66. The monoisotopic (exact) mass is 250 g/mol. The van der Waals surface area contributed by atoms with Gasteiger partial charge in [-0.1, -0.05) is 57.6 Å². The van der Waals surface area contributed by atoms with Crippen molar-refractivity contribution in [2.24, 2.45) is 0 Å². The predicted molar refractivity (Wildman–Crippen MR) is 75.8 cm³/mol. The Hall–Kier alpha value is -1.02. The van der Waals surface area contributed by atoms with Crippen molar-refractivity contribution in [1.82, 2.24) is 0 Å². The van der Waals surface area contributed by atoms with Gasteiger partial charge in [-0.2, -0.15) is 0 Å². The third-order valence-electron chi connectivity index (χ3n) is 3.10. The number of hydrogen-bond acceptors (Lipinski definition) is 2. The van der Waals surface area contributed by atoms with E-state index in [2.05, 4.69) is 6.92 Å². The molecule has 0 aliphatic rings. The van der Waals surface area contributed by atoms with Gasteiger partial charge in [-0.05, 0) is 24.1 Å². The number of ether oxygens (including phenoxy) is 1. The van der Waals surface area contributed by atoms with E-state index in [4.69, 9.17) is 9.84 Å². The molecule has 0 fully saturated rings. The molecule has 2 nitrogen and oxygen atoms in total. The molecular formula is C16H26O2. The first-order valence-corrected chi connectivity index (χ1v) is 7.18. The van der Waals surface area contributed by atoms with Gasteiger partial charge in [0.1, 0.15) is 5.75 Å². The Balaban J connectivity index is 1.91. The fourth-order valence-electron chi connectivity index (χ4n) is 1.94. The molecule has 18 heavy (non-hydrogen) atoms. The zero-order valence-corrected chi connectivity index (χ0v) is 11.5. The summed E-state index contributed by atoms with van der Waals surface area (Å²) in [4.78, 5) is 0. The van der Waals surface area contributed by atoms with Gasteiger partial charge in [-0.25, -0.2) is 0 Å². The molecule has 0 bridgehead atoms. The van der Waals surface area contributed by atoms with Crippen LogP contribution in [-0.2, 0) is 11.3 Å². The molecule has 0 saturated heterocycles. The first kappa shape index (κ1) is 15.0. The summed E-state index contributed by atoms with van der Waals surface area (Å²) in [5, 5.41) is 9.15. The maximum atomic E-state index is 9.15. The van der Waals surface area contributed by atoms with E-state index in [1.165, 1.54) is 38.5 Å². The number of rotatable bonds is 10. The van der Waals surface area contributed by atoms with Gasteiger partial charge < -0.3 is 9.84 Å². The molecule has 0 heterocycles. The zero-order valence-electron chi connectivity index (χ0n) is 11.5. The largest absolute Gasteiger partial charge is 0.508 e. The average Bonchev–Trinajstić information content (AvgIpc) is 2.39. The summed E-state index contributed by atoms with van der Waals surface area (Å²) in [6.45, 7) is 3.74. The minimum absolute atomic E-state index is 0.311. The van der Waals surface area contributed by atoms with E-state index in [0.717, 1.165) is 18.6 Å². The lowest BCUT2D eigenvalue weighted by Gasteiger charge is -2.05.